The lowest BCUT2D eigenvalue weighted by Gasteiger charge is -2.08. The van der Waals surface area contributed by atoms with Crippen LogP contribution in [-0.2, 0) is 4.79 Å². The summed E-state index contributed by atoms with van der Waals surface area (Å²) in [5.41, 5.74) is 6.56. The normalized spacial score (nSPS) is 12.5. The van der Waals surface area contributed by atoms with Gasteiger partial charge in [-0.3, -0.25) is 4.79 Å². The van der Waals surface area contributed by atoms with Crippen molar-refractivity contribution in [2.45, 2.75) is 32.7 Å². The molecule has 1 amide bonds. The van der Waals surface area contributed by atoms with Crippen molar-refractivity contribution in [1.82, 2.24) is 4.98 Å². The molecule has 1 aromatic rings. The van der Waals surface area contributed by atoms with Gasteiger partial charge in [-0.1, -0.05) is 13.3 Å². The van der Waals surface area contributed by atoms with E-state index in [1.54, 1.807) is 0 Å². The largest absolute Gasteiger partial charge is 0.320 e. The fourth-order valence-corrected chi connectivity index (χ4v) is 1.74. The van der Waals surface area contributed by atoms with Crippen LogP contribution in [0.2, 0.25) is 0 Å². The van der Waals surface area contributed by atoms with Gasteiger partial charge in [0, 0.05) is 5.38 Å². The lowest BCUT2D eigenvalue weighted by molar-refractivity contribution is -0.117. The quantitative estimate of drug-likeness (QED) is 0.796. The van der Waals surface area contributed by atoms with E-state index in [4.69, 9.17) is 5.73 Å². The minimum atomic E-state index is -0.427. The van der Waals surface area contributed by atoms with Crippen LogP contribution in [-0.4, -0.2) is 16.9 Å². The minimum absolute atomic E-state index is 0.152. The van der Waals surface area contributed by atoms with Crippen LogP contribution in [0.15, 0.2) is 5.38 Å². The highest BCUT2D eigenvalue weighted by molar-refractivity contribution is 7.13. The molecule has 1 rings (SSSR count). The summed E-state index contributed by atoms with van der Waals surface area (Å²) in [7, 11) is 0. The van der Waals surface area contributed by atoms with Gasteiger partial charge in [-0.2, -0.15) is 0 Å². The summed E-state index contributed by atoms with van der Waals surface area (Å²) in [4.78, 5) is 15.6. The van der Waals surface area contributed by atoms with Crippen molar-refractivity contribution in [3.8, 4) is 0 Å². The van der Waals surface area contributed by atoms with Gasteiger partial charge in [-0.05, 0) is 13.3 Å². The van der Waals surface area contributed by atoms with Gasteiger partial charge in [0.05, 0.1) is 11.7 Å². The molecule has 0 spiro atoms. The van der Waals surface area contributed by atoms with E-state index in [0.717, 1.165) is 12.1 Å². The molecule has 3 N–H and O–H groups in total. The Balaban J connectivity index is 2.48. The Labute approximate surface area is 87.5 Å². The fourth-order valence-electron chi connectivity index (χ4n) is 1.05. The first-order valence-corrected chi connectivity index (χ1v) is 5.50. The monoisotopic (exact) mass is 213 g/mol. The fraction of sp³-hybridized carbons (Fsp3) is 0.556. The third kappa shape index (κ3) is 3.08. The summed E-state index contributed by atoms with van der Waals surface area (Å²) in [5, 5.41) is 5.20. The molecule has 0 radical (unpaired) electrons. The van der Waals surface area contributed by atoms with Crippen molar-refractivity contribution in [1.29, 1.82) is 0 Å². The van der Waals surface area contributed by atoms with Gasteiger partial charge in [-0.15, -0.1) is 11.3 Å². The number of hydrogen-bond acceptors (Lipinski definition) is 4. The van der Waals surface area contributed by atoms with Crippen LogP contribution in [0.4, 0.5) is 5.13 Å². The number of carbonyl (C=O) groups is 1. The zero-order chi connectivity index (χ0) is 10.6. The van der Waals surface area contributed by atoms with Crippen LogP contribution in [0.1, 0.15) is 25.5 Å². The summed E-state index contributed by atoms with van der Waals surface area (Å²) < 4.78 is 0. The number of nitrogens with two attached hydrogens (primary N) is 1. The van der Waals surface area contributed by atoms with E-state index in [0.29, 0.717) is 11.6 Å². The van der Waals surface area contributed by atoms with Crippen LogP contribution in [0.5, 0.6) is 0 Å². The molecule has 5 heteroatoms. The van der Waals surface area contributed by atoms with Crippen molar-refractivity contribution in [3.05, 3.63) is 11.1 Å². The van der Waals surface area contributed by atoms with Gasteiger partial charge < -0.3 is 11.1 Å². The molecule has 0 saturated carbocycles. The molecule has 0 fully saturated rings. The molecule has 0 aliphatic rings. The number of carbonyl (C=O) groups excluding carboxylic acids is 1. The molecular formula is C9H15N3OS. The summed E-state index contributed by atoms with van der Waals surface area (Å²) in [6.07, 6.45) is 1.61. The maximum atomic E-state index is 11.4. The van der Waals surface area contributed by atoms with Crippen LogP contribution in [0.25, 0.3) is 0 Å². The number of nitrogens with zero attached hydrogens (tertiary/aromatic N) is 1. The van der Waals surface area contributed by atoms with Crippen LogP contribution < -0.4 is 11.1 Å². The number of amides is 1. The van der Waals surface area contributed by atoms with Crippen LogP contribution in [0, 0.1) is 6.92 Å². The van der Waals surface area contributed by atoms with Gasteiger partial charge in [0.25, 0.3) is 0 Å². The van der Waals surface area contributed by atoms with E-state index < -0.39 is 6.04 Å². The molecule has 4 nitrogen and oxygen atoms in total. The highest BCUT2D eigenvalue weighted by Crippen LogP contribution is 2.14. The molecule has 0 bridgehead atoms. The lowest BCUT2D eigenvalue weighted by atomic mass is 10.2. The van der Waals surface area contributed by atoms with E-state index in [9.17, 15) is 4.79 Å². The smallest absolute Gasteiger partial charge is 0.243 e. The molecular weight excluding hydrogens is 198 g/mol. The zero-order valence-corrected chi connectivity index (χ0v) is 9.23. The number of aromatic nitrogens is 1. The SMILES string of the molecule is CCCC(N)C(=O)Nc1nc(C)cs1. The first-order chi connectivity index (χ1) is 6.63. The molecule has 1 atom stereocenters. The molecule has 78 valence electrons. The number of thiazole rings is 1. The second-order valence-electron chi connectivity index (χ2n) is 3.18. The van der Waals surface area contributed by atoms with Gasteiger partial charge in [0.1, 0.15) is 0 Å². The standard InChI is InChI=1S/C9H15N3OS/c1-3-4-7(10)8(13)12-9-11-6(2)5-14-9/h5,7H,3-4,10H2,1-2H3,(H,11,12,13). The maximum absolute atomic E-state index is 11.4. The van der Waals surface area contributed by atoms with Gasteiger partial charge in [0.15, 0.2) is 5.13 Å². The van der Waals surface area contributed by atoms with E-state index in [1.807, 2.05) is 19.2 Å². The molecule has 1 aromatic heterocycles. The number of nitrogens with one attached hydrogen (secondary N) is 1. The average molecular weight is 213 g/mol. The summed E-state index contributed by atoms with van der Waals surface area (Å²) >= 11 is 1.41. The number of anilines is 1. The minimum Gasteiger partial charge on any atom is -0.320 e. The van der Waals surface area contributed by atoms with E-state index in [2.05, 4.69) is 10.3 Å². The van der Waals surface area contributed by atoms with Crippen LogP contribution in [0.3, 0.4) is 0 Å². The van der Waals surface area contributed by atoms with E-state index in [-0.39, 0.29) is 5.91 Å². The highest BCUT2D eigenvalue weighted by atomic mass is 32.1. The first kappa shape index (κ1) is 11.1. The van der Waals surface area contributed by atoms with E-state index in [1.165, 1.54) is 11.3 Å². The molecule has 0 aliphatic heterocycles. The Morgan fingerprint density at radius 1 is 1.79 bits per heavy atom. The molecule has 0 aliphatic carbocycles. The molecule has 1 unspecified atom stereocenters. The third-order valence-electron chi connectivity index (χ3n) is 1.79. The van der Waals surface area contributed by atoms with Crippen molar-refractivity contribution < 1.29 is 4.79 Å². The Hall–Kier alpha value is -0.940. The van der Waals surface area contributed by atoms with Crippen molar-refractivity contribution in [2.75, 3.05) is 5.32 Å². The Morgan fingerprint density at radius 3 is 3.00 bits per heavy atom. The maximum Gasteiger partial charge on any atom is 0.243 e. The Kier molecular flexibility index (Phi) is 4.03. The summed E-state index contributed by atoms with van der Waals surface area (Å²) in [6.45, 7) is 3.89. The predicted molar refractivity (Wildman–Crippen MR) is 58.4 cm³/mol. The highest BCUT2D eigenvalue weighted by Gasteiger charge is 2.13. The van der Waals surface area contributed by atoms with Gasteiger partial charge >= 0.3 is 0 Å². The van der Waals surface area contributed by atoms with E-state index >= 15 is 0 Å². The topological polar surface area (TPSA) is 68.0 Å². The van der Waals surface area contributed by atoms with Gasteiger partial charge in [0.2, 0.25) is 5.91 Å². The number of hydrogen-bond donors (Lipinski definition) is 2. The summed E-state index contributed by atoms with van der Waals surface area (Å²) in [5.74, 6) is -0.152. The second kappa shape index (κ2) is 5.07. The number of aryl methyl sites for hydroxylation is 1. The average Bonchev–Trinajstić information content (AvgIpc) is 2.51. The predicted octanol–water partition coefficient (Wildman–Crippen LogP) is 1.52. The zero-order valence-electron chi connectivity index (χ0n) is 8.41. The summed E-state index contributed by atoms with van der Waals surface area (Å²) in [6, 6.07) is -0.427. The third-order valence-corrected chi connectivity index (χ3v) is 2.66. The first-order valence-electron chi connectivity index (χ1n) is 4.62. The Morgan fingerprint density at radius 2 is 2.50 bits per heavy atom. The molecule has 0 aromatic carbocycles. The van der Waals surface area contributed by atoms with Gasteiger partial charge in [-0.25, -0.2) is 4.98 Å². The Bertz CT molecular complexity index is 311. The number of rotatable bonds is 4. The molecule has 0 saturated heterocycles. The molecule has 1 heterocycles. The van der Waals surface area contributed by atoms with Crippen molar-refractivity contribution in [3.63, 3.8) is 0 Å². The van der Waals surface area contributed by atoms with Crippen molar-refractivity contribution >= 4 is 22.4 Å². The van der Waals surface area contributed by atoms with Crippen molar-refractivity contribution in [2.24, 2.45) is 5.73 Å². The van der Waals surface area contributed by atoms with Crippen LogP contribution >= 0.6 is 11.3 Å². The lowest BCUT2D eigenvalue weighted by Crippen LogP contribution is -2.35. The second-order valence-corrected chi connectivity index (χ2v) is 4.04. The molecule has 14 heavy (non-hydrogen) atoms.